The number of fused-ring (bicyclic) bond motifs is 1. The largest absolute Gasteiger partial charge is 0.364 e. The molecule has 1 saturated heterocycles. The summed E-state index contributed by atoms with van der Waals surface area (Å²) in [5.41, 5.74) is 5.43. The van der Waals surface area contributed by atoms with Gasteiger partial charge in [0.2, 0.25) is 0 Å². The first-order chi connectivity index (χ1) is 17.9. The van der Waals surface area contributed by atoms with E-state index in [2.05, 4.69) is 113 Å². The molecule has 0 aromatic heterocycles. The molecule has 1 radical (unpaired) electrons. The summed E-state index contributed by atoms with van der Waals surface area (Å²) >= 11 is -1.50. The quantitative estimate of drug-likeness (QED) is 0.187. The van der Waals surface area contributed by atoms with Crippen molar-refractivity contribution < 1.29 is 38.6 Å². The van der Waals surface area contributed by atoms with Crippen molar-refractivity contribution in [2.75, 3.05) is 0 Å². The van der Waals surface area contributed by atoms with Crippen LogP contribution in [0.15, 0.2) is 85.0 Å². The van der Waals surface area contributed by atoms with E-state index in [1.54, 1.807) is 0 Å². The zero-order chi connectivity index (χ0) is 27.2. The molecule has 0 saturated carbocycles. The second kappa shape index (κ2) is 23.4. The molecule has 5 nitrogen and oxygen atoms in total. The maximum Gasteiger partial charge on any atom is 0.335 e. The second-order valence-corrected chi connectivity index (χ2v) is 9.98. The number of allylic oxidation sites excluding steroid dienone is 5. The minimum absolute atomic E-state index is 0. The van der Waals surface area contributed by atoms with Gasteiger partial charge in [-0.2, -0.15) is 16.8 Å². The monoisotopic (exact) mass is 642 g/mol. The molecule has 2 aromatic carbocycles. The normalized spacial score (nSPS) is 24.6. The van der Waals surface area contributed by atoms with E-state index >= 15 is 0 Å². The molecule has 3 aliphatic rings. The molecule has 0 unspecified atom stereocenters. The van der Waals surface area contributed by atoms with Crippen molar-refractivity contribution in [2.45, 2.75) is 67.6 Å². The standard InChI is InChI=1S/C15H18O.C15H18.2CH4.CH3.Mn.2O2S/c1-10-8-9-13(12-6-4-3-5-7-12)15-14(16-15)11(10)2;1-12-8-10-15(11-9-13(12)2)14-6-4-3-5-7-14;;;;;2*1-3-2/h3-7,9-11,14-15H,8H2,1-2H3;3-8,10-13H,9H2,1-2H3;2*1H4;1H3;;;/q;;;;-1;;;/t10-,11+,14+,15-;12-,13-;;;;;;/m00....../s1. The van der Waals surface area contributed by atoms with Gasteiger partial charge in [-0.15, -0.1) is 0 Å². The molecule has 5 rings (SSSR count). The van der Waals surface area contributed by atoms with Gasteiger partial charge < -0.3 is 12.2 Å². The molecule has 1 aliphatic heterocycles. The van der Waals surface area contributed by atoms with E-state index in [0.29, 0.717) is 24.0 Å². The van der Waals surface area contributed by atoms with Crippen LogP contribution in [-0.2, 0) is 44.9 Å². The fraction of sp³-hybridized carbons (Fsp3) is 0.424. The Labute approximate surface area is 266 Å². The van der Waals surface area contributed by atoms with Crippen molar-refractivity contribution in [1.29, 1.82) is 0 Å². The molecule has 0 spiro atoms. The third kappa shape index (κ3) is 14.0. The fourth-order valence-electron chi connectivity index (χ4n) is 4.54. The number of benzene rings is 2. The topological polar surface area (TPSA) is 80.8 Å². The second-order valence-electron chi connectivity index (χ2n) is 9.71. The van der Waals surface area contributed by atoms with Crippen molar-refractivity contribution in [3.63, 3.8) is 0 Å². The van der Waals surface area contributed by atoms with Crippen molar-refractivity contribution >= 4 is 34.3 Å². The summed E-state index contributed by atoms with van der Waals surface area (Å²) in [6.07, 6.45) is 12.5. The molecule has 1 fully saturated rings. The van der Waals surface area contributed by atoms with Gasteiger partial charge in [0, 0.05) is 17.1 Å². The smallest absolute Gasteiger partial charge is 0.335 e. The molecule has 2 aliphatic carbocycles. The number of hydrogen-bond donors (Lipinski definition) is 0. The molecule has 1 heterocycles. The zero-order valence-corrected chi connectivity index (χ0v) is 26.0. The molecule has 6 atom stereocenters. The van der Waals surface area contributed by atoms with Gasteiger partial charge in [-0.1, -0.05) is 128 Å². The Morgan fingerprint density at radius 2 is 1.17 bits per heavy atom. The van der Waals surface area contributed by atoms with Crippen LogP contribution >= 0.6 is 0 Å². The van der Waals surface area contributed by atoms with Crippen molar-refractivity contribution in [3.05, 3.63) is 104 Å². The number of rotatable bonds is 2. The average Bonchev–Trinajstić information content (AvgIpc) is 3.73. The van der Waals surface area contributed by atoms with E-state index in [4.69, 9.17) is 21.6 Å². The van der Waals surface area contributed by atoms with Crippen LogP contribution in [-0.4, -0.2) is 29.0 Å². The van der Waals surface area contributed by atoms with Crippen molar-refractivity contribution in [1.82, 2.24) is 0 Å². The molecular formula is C33H47MnO5S2-. The Balaban J connectivity index is -0.000000547. The summed E-state index contributed by atoms with van der Waals surface area (Å²) in [6.45, 7) is 9.26. The number of epoxide rings is 1. The van der Waals surface area contributed by atoms with Crippen LogP contribution in [0, 0.1) is 31.1 Å². The summed E-state index contributed by atoms with van der Waals surface area (Å²) in [5.74, 6) is 2.85. The van der Waals surface area contributed by atoms with E-state index in [1.807, 2.05) is 0 Å². The van der Waals surface area contributed by atoms with Crippen LogP contribution < -0.4 is 0 Å². The molecule has 0 N–H and O–H groups in total. The first kappa shape index (κ1) is 43.2. The predicted molar refractivity (Wildman–Crippen MR) is 170 cm³/mol. The number of hydrogen-bond acceptors (Lipinski definition) is 5. The van der Waals surface area contributed by atoms with E-state index < -0.39 is 23.1 Å². The number of ether oxygens (including phenoxy) is 1. The van der Waals surface area contributed by atoms with Gasteiger partial charge in [-0.05, 0) is 58.8 Å². The van der Waals surface area contributed by atoms with Gasteiger partial charge in [0.25, 0.3) is 0 Å². The van der Waals surface area contributed by atoms with E-state index in [-0.39, 0.29) is 39.3 Å². The van der Waals surface area contributed by atoms with Gasteiger partial charge in [-0.3, -0.25) is 0 Å². The SMILES string of the molecule is C.C.C[C@H]1C=CC(c2ccccc2)=CC[C@@H]1C.C[C@H]1[C@H]2O[C@H]2C(c2ccccc2)=CC[C@@H]1C.O=S=O.O=S=O.[CH3-].[Mn]. The van der Waals surface area contributed by atoms with Gasteiger partial charge in [0.05, 0.1) is 6.10 Å². The Kier molecular flexibility index (Phi) is 24.6. The zero-order valence-electron chi connectivity index (χ0n) is 23.2. The molecule has 41 heavy (non-hydrogen) atoms. The Morgan fingerprint density at radius 1 is 0.707 bits per heavy atom. The molecule has 8 heteroatoms. The fourth-order valence-corrected chi connectivity index (χ4v) is 4.54. The molecule has 0 amide bonds. The minimum atomic E-state index is -0.750. The Bertz CT molecular complexity index is 1130. The van der Waals surface area contributed by atoms with Crippen LogP contribution in [0.2, 0.25) is 0 Å². The van der Waals surface area contributed by atoms with Crippen LogP contribution in [0.1, 0.15) is 66.5 Å². The molecule has 0 bridgehead atoms. The van der Waals surface area contributed by atoms with E-state index in [1.165, 1.54) is 35.1 Å². The summed E-state index contributed by atoms with van der Waals surface area (Å²) in [6, 6.07) is 21.3. The van der Waals surface area contributed by atoms with Crippen LogP contribution in [0.5, 0.6) is 0 Å². The van der Waals surface area contributed by atoms with Crippen LogP contribution in [0.3, 0.4) is 0 Å². The first-order valence-electron chi connectivity index (χ1n) is 12.6. The van der Waals surface area contributed by atoms with Crippen LogP contribution in [0.25, 0.3) is 11.1 Å². The molecule has 229 valence electrons. The Morgan fingerprint density at radius 3 is 1.68 bits per heavy atom. The van der Waals surface area contributed by atoms with Crippen LogP contribution in [0.4, 0.5) is 0 Å². The van der Waals surface area contributed by atoms with E-state index in [0.717, 1.165) is 11.8 Å². The minimum Gasteiger partial charge on any atom is -0.364 e. The summed E-state index contributed by atoms with van der Waals surface area (Å²) < 4.78 is 39.0. The van der Waals surface area contributed by atoms with Gasteiger partial charge in [0.1, 0.15) is 6.10 Å². The average molecular weight is 643 g/mol. The third-order valence-electron chi connectivity index (χ3n) is 7.36. The summed E-state index contributed by atoms with van der Waals surface area (Å²) in [7, 11) is 0. The van der Waals surface area contributed by atoms with Crippen molar-refractivity contribution in [2.24, 2.45) is 23.7 Å². The van der Waals surface area contributed by atoms with E-state index in [9.17, 15) is 0 Å². The van der Waals surface area contributed by atoms with Gasteiger partial charge in [-0.25, -0.2) is 0 Å². The maximum atomic E-state index is 8.29. The third-order valence-corrected chi connectivity index (χ3v) is 7.36. The van der Waals surface area contributed by atoms with Gasteiger partial charge >= 0.3 is 23.1 Å². The summed E-state index contributed by atoms with van der Waals surface area (Å²) in [4.78, 5) is 0. The predicted octanol–water partition coefficient (Wildman–Crippen LogP) is 8.19. The summed E-state index contributed by atoms with van der Waals surface area (Å²) in [5, 5.41) is 0. The first-order valence-corrected chi connectivity index (χ1v) is 13.9. The Hall–Kier alpha value is -2.22. The maximum absolute atomic E-state index is 8.29. The molecular weight excluding hydrogens is 595 g/mol. The molecule has 2 aromatic rings. The van der Waals surface area contributed by atoms with Gasteiger partial charge in [0.15, 0.2) is 0 Å². The van der Waals surface area contributed by atoms with Crippen molar-refractivity contribution in [3.8, 4) is 0 Å².